The number of unbranched alkanes of at least 4 members (excludes halogenated alkanes) is 1. The van der Waals surface area contributed by atoms with Crippen molar-refractivity contribution in [1.29, 1.82) is 0 Å². The summed E-state index contributed by atoms with van der Waals surface area (Å²) in [6.07, 6.45) is 1.16. The number of nitrogens with one attached hydrogen (secondary N) is 2. The van der Waals surface area contributed by atoms with E-state index >= 15 is 0 Å². The lowest BCUT2D eigenvalue weighted by Crippen LogP contribution is -2.56. The molecule has 7 nitrogen and oxygen atoms in total. The molecule has 0 aliphatic rings. The summed E-state index contributed by atoms with van der Waals surface area (Å²) >= 11 is 0. The van der Waals surface area contributed by atoms with Crippen molar-refractivity contribution in [2.75, 3.05) is 6.54 Å². The molecule has 1 aromatic rings. The SMILES string of the molecule is CCCCNC(=O)C(c1ccc(C)c(C)c1)N(C(=O)C(NC(=O)OC(C)(C)C)C(C)C)C(C)C. The van der Waals surface area contributed by atoms with Crippen LogP contribution in [0.15, 0.2) is 18.2 Å². The second-order valence-electron chi connectivity index (χ2n) is 10.6. The number of amides is 3. The number of rotatable bonds is 10. The van der Waals surface area contributed by atoms with E-state index in [-0.39, 0.29) is 23.8 Å². The van der Waals surface area contributed by atoms with Crippen LogP contribution in [-0.2, 0) is 14.3 Å². The van der Waals surface area contributed by atoms with Gasteiger partial charge in [0.15, 0.2) is 0 Å². The quantitative estimate of drug-likeness (QED) is 0.464. The summed E-state index contributed by atoms with van der Waals surface area (Å²) in [6, 6.07) is 3.91. The molecule has 192 valence electrons. The monoisotopic (exact) mass is 475 g/mol. The average Bonchev–Trinajstić information content (AvgIpc) is 2.70. The maximum absolute atomic E-state index is 13.9. The first kappa shape index (κ1) is 29.5. The van der Waals surface area contributed by atoms with Crippen LogP contribution in [0, 0.1) is 19.8 Å². The molecule has 2 N–H and O–H groups in total. The third-order valence-electron chi connectivity index (χ3n) is 5.62. The number of benzene rings is 1. The van der Waals surface area contributed by atoms with E-state index < -0.39 is 23.8 Å². The third-order valence-corrected chi connectivity index (χ3v) is 5.62. The van der Waals surface area contributed by atoms with Crippen molar-refractivity contribution in [3.8, 4) is 0 Å². The van der Waals surface area contributed by atoms with Gasteiger partial charge in [0.2, 0.25) is 11.8 Å². The standard InChI is InChI=1S/C27H45N3O4/c1-11-12-15-28-24(31)23(21-14-13-19(6)20(7)16-21)30(18(4)5)25(32)22(17(2)3)29-26(33)34-27(8,9)10/h13-14,16-18,22-23H,11-12,15H2,1-10H3,(H,28,31)(H,29,33). The van der Waals surface area contributed by atoms with E-state index in [4.69, 9.17) is 4.74 Å². The van der Waals surface area contributed by atoms with Crippen molar-refractivity contribution < 1.29 is 19.1 Å². The van der Waals surface area contributed by atoms with Gasteiger partial charge in [-0.3, -0.25) is 9.59 Å². The number of carbonyl (C=O) groups is 3. The molecule has 2 atom stereocenters. The smallest absolute Gasteiger partial charge is 0.408 e. The first-order valence-corrected chi connectivity index (χ1v) is 12.4. The molecule has 0 saturated carbocycles. The van der Waals surface area contributed by atoms with Gasteiger partial charge in [0.1, 0.15) is 17.7 Å². The van der Waals surface area contributed by atoms with E-state index in [1.165, 1.54) is 0 Å². The summed E-state index contributed by atoms with van der Waals surface area (Å²) < 4.78 is 5.40. The second kappa shape index (κ2) is 12.8. The highest BCUT2D eigenvalue weighted by atomic mass is 16.6. The predicted octanol–water partition coefficient (Wildman–Crippen LogP) is 5.05. The van der Waals surface area contributed by atoms with Crippen molar-refractivity contribution in [2.45, 2.75) is 106 Å². The van der Waals surface area contributed by atoms with Crippen LogP contribution < -0.4 is 10.6 Å². The summed E-state index contributed by atoms with van der Waals surface area (Å²) in [7, 11) is 0. The zero-order valence-corrected chi connectivity index (χ0v) is 22.7. The Labute approximate surface area is 206 Å². The van der Waals surface area contributed by atoms with E-state index in [1.54, 1.807) is 25.7 Å². The van der Waals surface area contributed by atoms with E-state index in [9.17, 15) is 14.4 Å². The van der Waals surface area contributed by atoms with Gasteiger partial charge in [-0.15, -0.1) is 0 Å². The van der Waals surface area contributed by atoms with E-state index in [2.05, 4.69) is 17.6 Å². The van der Waals surface area contributed by atoms with Crippen LogP contribution >= 0.6 is 0 Å². The molecule has 0 aliphatic carbocycles. The Morgan fingerprint density at radius 1 is 1.03 bits per heavy atom. The van der Waals surface area contributed by atoms with Crippen molar-refractivity contribution in [1.82, 2.24) is 15.5 Å². The van der Waals surface area contributed by atoms with Gasteiger partial charge in [0, 0.05) is 12.6 Å². The average molecular weight is 476 g/mol. The van der Waals surface area contributed by atoms with Crippen LogP contribution in [0.25, 0.3) is 0 Å². The summed E-state index contributed by atoms with van der Waals surface area (Å²) in [5.41, 5.74) is 2.22. The molecule has 0 spiro atoms. The van der Waals surface area contributed by atoms with Crippen molar-refractivity contribution in [2.24, 2.45) is 5.92 Å². The van der Waals surface area contributed by atoms with Crippen LogP contribution in [0.1, 0.15) is 91.0 Å². The lowest BCUT2D eigenvalue weighted by Gasteiger charge is -2.38. The van der Waals surface area contributed by atoms with Crippen LogP contribution in [-0.4, -0.2) is 47.0 Å². The van der Waals surface area contributed by atoms with Crippen molar-refractivity contribution >= 4 is 17.9 Å². The number of aryl methyl sites for hydroxylation is 2. The molecule has 0 radical (unpaired) electrons. The minimum absolute atomic E-state index is 0.204. The molecule has 1 aromatic carbocycles. The molecule has 0 aliphatic heterocycles. The Hall–Kier alpha value is -2.57. The Morgan fingerprint density at radius 2 is 1.65 bits per heavy atom. The Morgan fingerprint density at radius 3 is 2.12 bits per heavy atom. The minimum atomic E-state index is -0.838. The second-order valence-corrected chi connectivity index (χ2v) is 10.6. The molecule has 0 heterocycles. The van der Waals surface area contributed by atoms with E-state index in [1.807, 2.05) is 59.7 Å². The molecule has 2 unspecified atom stereocenters. The first-order valence-electron chi connectivity index (χ1n) is 12.4. The maximum atomic E-state index is 13.9. The largest absolute Gasteiger partial charge is 0.444 e. The highest BCUT2D eigenvalue weighted by molar-refractivity contribution is 5.92. The molecule has 7 heteroatoms. The minimum Gasteiger partial charge on any atom is -0.444 e. The molecule has 0 aromatic heterocycles. The third kappa shape index (κ3) is 8.65. The van der Waals surface area contributed by atoms with Gasteiger partial charge >= 0.3 is 6.09 Å². The van der Waals surface area contributed by atoms with Gasteiger partial charge in [-0.2, -0.15) is 0 Å². The fourth-order valence-corrected chi connectivity index (χ4v) is 3.65. The van der Waals surface area contributed by atoms with Gasteiger partial charge < -0.3 is 20.3 Å². The summed E-state index contributed by atoms with van der Waals surface area (Å²) in [5.74, 6) is -0.743. The maximum Gasteiger partial charge on any atom is 0.408 e. The Bertz CT molecular complexity index is 843. The molecule has 34 heavy (non-hydrogen) atoms. The number of hydrogen-bond donors (Lipinski definition) is 2. The van der Waals surface area contributed by atoms with Crippen LogP contribution in [0.2, 0.25) is 0 Å². The van der Waals surface area contributed by atoms with Crippen LogP contribution in [0.5, 0.6) is 0 Å². The highest BCUT2D eigenvalue weighted by Crippen LogP contribution is 2.27. The Balaban J connectivity index is 3.43. The zero-order valence-electron chi connectivity index (χ0n) is 22.7. The number of ether oxygens (including phenoxy) is 1. The number of carbonyl (C=O) groups excluding carboxylic acids is 3. The summed E-state index contributed by atoms with van der Waals surface area (Å²) in [4.78, 5) is 41.5. The van der Waals surface area contributed by atoms with Gasteiger partial charge in [0.05, 0.1) is 0 Å². The first-order chi connectivity index (χ1) is 15.7. The molecular weight excluding hydrogens is 430 g/mol. The summed E-state index contributed by atoms with van der Waals surface area (Å²) in [5, 5.41) is 5.74. The van der Waals surface area contributed by atoms with E-state index in [0.717, 1.165) is 29.5 Å². The molecule has 0 fully saturated rings. The van der Waals surface area contributed by atoms with Gasteiger partial charge in [0.25, 0.3) is 0 Å². The lowest BCUT2D eigenvalue weighted by molar-refractivity contribution is -0.145. The highest BCUT2D eigenvalue weighted by Gasteiger charge is 2.38. The molecule has 0 saturated heterocycles. The lowest BCUT2D eigenvalue weighted by atomic mass is 9.95. The normalized spacial score (nSPS) is 13.4. The van der Waals surface area contributed by atoms with Crippen LogP contribution in [0.4, 0.5) is 4.79 Å². The van der Waals surface area contributed by atoms with Crippen molar-refractivity contribution in [3.63, 3.8) is 0 Å². The predicted molar refractivity (Wildman–Crippen MR) is 137 cm³/mol. The number of alkyl carbamates (subject to hydrolysis) is 1. The fourth-order valence-electron chi connectivity index (χ4n) is 3.65. The number of nitrogens with zero attached hydrogens (tertiary/aromatic N) is 1. The van der Waals surface area contributed by atoms with E-state index in [0.29, 0.717) is 6.54 Å². The van der Waals surface area contributed by atoms with Gasteiger partial charge in [-0.25, -0.2) is 4.79 Å². The molecule has 1 rings (SSSR count). The topological polar surface area (TPSA) is 87.7 Å². The van der Waals surface area contributed by atoms with Crippen LogP contribution in [0.3, 0.4) is 0 Å². The molecule has 0 bridgehead atoms. The fraction of sp³-hybridized carbons (Fsp3) is 0.667. The molecule has 3 amide bonds. The summed E-state index contributed by atoms with van der Waals surface area (Å²) in [6.45, 7) is 19.4. The van der Waals surface area contributed by atoms with Crippen molar-refractivity contribution in [3.05, 3.63) is 34.9 Å². The van der Waals surface area contributed by atoms with Gasteiger partial charge in [-0.1, -0.05) is 45.4 Å². The Kier molecular flexibility index (Phi) is 11.1. The number of hydrogen-bond acceptors (Lipinski definition) is 4. The van der Waals surface area contributed by atoms with Gasteiger partial charge in [-0.05, 0) is 77.5 Å². The molecular formula is C27H45N3O4. The zero-order chi connectivity index (χ0) is 26.2.